The molecule has 1 aliphatic rings. The smallest absolute Gasteiger partial charge is 0.256 e. The molecule has 1 aromatic carbocycles. The number of nitrogens with one attached hydrogen (secondary N) is 2. The van der Waals surface area contributed by atoms with Crippen molar-refractivity contribution in [2.45, 2.75) is 32.6 Å². The predicted molar refractivity (Wildman–Crippen MR) is 128 cm³/mol. The first-order valence-electron chi connectivity index (χ1n) is 11.2. The van der Waals surface area contributed by atoms with Crippen LogP contribution in [0.2, 0.25) is 0 Å². The number of amides is 1. The van der Waals surface area contributed by atoms with E-state index in [4.69, 9.17) is 4.98 Å². The quantitative estimate of drug-likeness (QED) is 0.412. The zero-order valence-corrected chi connectivity index (χ0v) is 18.8. The number of rotatable bonds is 5. The summed E-state index contributed by atoms with van der Waals surface area (Å²) in [6.07, 6.45) is 3.89. The van der Waals surface area contributed by atoms with Gasteiger partial charge in [-0.1, -0.05) is 6.07 Å². The molecule has 1 saturated carbocycles. The Hall–Kier alpha value is -4.40. The average molecular weight is 451 g/mol. The Balaban J connectivity index is 1.38. The summed E-state index contributed by atoms with van der Waals surface area (Å²) in [4.78, 5) is 27.1. The van der Waals surface area contributed by atoms with Crippen molar-refractivity contribution in [2.24, 2.45) is 0 Å². The van der Waals surface area contributed by atoms with Crippen molar-refractivity contribution >= 4 is 22.6 Å². The minimum Gasteiger partial charge on any atom is -0.322 e. The van der Waals surface area contributed by atoms with E-state index in [0.717, 1.165) is 41.0 Å². The molecule has 34 heavy (non-hydrogen) atoms. The molecule has 9 nitrogen and oxygen atoms in total. The van der Waals surface area contributed by atoms with Crippen molar-refractivity contribution in [1.29, 1.82) is 0 Å². The zero-order valence-electron chi connectivity index (χ0n) is 18.8. The van der Waals surface area contributed by atoms with Crippen LogP contribution in [0, 0.1) is 13.8 Å². The van der Waals surface area contributed by atoms with E-state index in [1.165, 1.54) is 0 Å². The second-order valence-electron chi connectivity index (χ2n) is 8.53. The molecule has 4 heterocycles. The SMILES string of the molecule is Cc1nc(-c2ccc(NC(=O)c3cc(C4CC4)nc4c3c(C)nn4-c3ccccn3)cc2)n[nH]1. The largest absolute Gasteiger partial charge is 0.322 e. The molecule has 0 unspecified atom stereocenters. The van der Waals surface area contributed by atoms with Crippen molar-refractivity contribution in [2.75, 3.05) is 5.32 Å². The van der Waals surface area contributed by atoms with E-state index in [1.54, 1.807) is 10.9 Å². The molecule has 1 amide bonds. The summed E-state index contributed by atoms with van der Waals surface area (Å²) in [6.45, 7) is 3.75. The Morgan fingerprint density at radius 3 is 2.59 bits per heavy atom. The molecule has 0 atom stereocenters. The Morgan fingerprint density at radius 1 is 1.09 bits per heavy atom. The maximum atomic E-state index is 13.5. The lowest BCUT2D eigenvalue weighted by Gasteiger charge is -2.10. The third-order valence-electron chi connectivity index (χ3n) is 5.94. The van der Waals surface area contributed by atoms with Gasteiger partial charge in [-0.2, -0.15) is 14.9 Å². The van der Waals surface area contributed by atoms with E-state index in [0.29, 0.717) is 34.5 Å². The standard InChI is InChI=1S/C25H22N8O/c1-14-22-19(25(34)28-18-10-8-17(9-11-18)23-27-15(2)30-31-23)13-20(16-6-7-16)29-24(22)33(32-14)21-5-3-4-12-26-21/h3-5,8-13,16H,6-7H2,1-2H3,(H,28,34)(H,27,30,31). The van der Waals surface area contributed by atoms with E-state index < -0.39 is 0 Å². The molecule has 0 bridgehead atoms. The lowest BCUT2D eigenvalue weighted by molar-refractivity contribution is 0.102. The molecule has 0 aliphatic heterocycles. The number of pyridine rings is 2. The van der Waals surface area contributed by atoms with Gasteiger partial charge in [0.1, 0.15) is 5.82 Å². The lowest BCUT2D eigenvalue weighted by Crippen LogP contribution is -2.14. The van der Waals surface area contributed by atoms with Crippen LogP contribution in [0.4, 0.5) is 5.69 Å². The molecule has 1 fully saturated rings. The Kier molecular flexibility index (Phi) is 4.68. The predicted octanol–water partition coefficient (Wildman–Crippen LogP) is 4.35. The van der Waals surface area contributed by atoms with Crippen molar-refractivity contribution < 1.29 is 4.79 Å². The van der Waals surface area contributed by atoms with Gasteiger partial charge in [0.05, 0.1) is 16.6 Å². The second-order valence-corrected chi connectivity index (χ2v) is 8.53. The molecule has 168 valence electrons. The molecule has 0 radical (unpaired) electrons. The first-order valence-corrected chi connectivity index (χ1v) is 11.2. The molecule has 0 spiro atoms. The van der Waals surface area contributed by atoms with Crippen LogP contribution in [-0.2, 0) is 0 Å². The minimum atomic E-state index is -0.195. The minimum absolute atomic E-state index is 0.195. The van der Waals surface area contributed by atoms with Crippen molar-refractivity contribution in [1.82, 2.24) is 34.9 Å². The number of anilines is 1. The number of fused-ring (bicyclic) bond motifs is 1. The highest BCUT2D eigenvalue weighted by molar-refractivity contribution is 6.12. The van der Waals surface area contributed by atoms with Crippen LogP contribution >= 0.6 is 0 Å². The molecule has 4 aromatic heterocycles. The van der Waals surface area contributed by atoms with Gasteiger partial charge in [0.2, 0.25) is 0 Å². The molecule has 2 N–H and O–H groups in total. The van der Waals surface area contributed by atoms with Gasteiger partial charge < -0.3 is 5.32 Å². The maximum absolute atomic E-state index is 13.5. The number of hydrogen-bond acceptors (Lipinski definition) is 6. The molecule has 6 rings (SSSR count). The third kappa shape index (κ3) is 3.61. The summed E-state index contributed by atoms with van der Waals surface area (Å²) >= 11 is 0. The number of H-pyrrole nitrogens is 1. The van der Waals surface area contributed by atoms with Gasteiger partial charge in [-0.15, -0.1) is 0 Å². The van der Waals surface area contributed by atoms with Gasteiger partial charge in [0, 0.05) is 29.1 Å². The highest BCUT2D eigenvalue weighted by Crippen LogP contribution is 2.40. The first-order chi connectivity index (χ1) is 16.6. The Morgan fingerprint density at radius 2 is 1.91 bits per heavy atom. The topological polar surface area (TPSA) is 114 Å². The van der Waals surface area contributed by atoms with E-state index in [9.17, 15) is 4.79 Å². The van der Waals surface area contributed by atoms with E-state index in [-0.39, 0.29) is 5.91 Å². The molecular formula is C25H22N8O. The van der Waals surface area contributed by atoms with Crippen LogP contribution in [0.1, 0.15) is 46.3 Å². The number of aromatic amines is 1. The second kappa shape index (κ2) is 7.87. The number of hydrogen-bond donors (Lipinski definition) is 2. The van der Waals surface area contributed by atoms with Crippen LogP contribution in [0.5, 0.6) is 0 Å². The fourth-order valence-corrected chi connectivity index (χ4v) is 4.09. The summed E-state index contributed by atoms with van der Waals surface area (Å²) in [5.41, 5.74) is 4.44. The summed E-state index contributed by atoms with van der Waals surface area (Å²) < 4.78 is 1.72. The van der Waals surface area contributed by atoms with Gasteiger partial charge in [0.15, 0.2) is 17.3 Å². The number of carbonyl (C=O) groups excluding carboxylic acids is 1. The summed E-state index contributed by atoms with van der Waals surface area (Å²) in [6, 6.07) is 15.0. The number of benzene rings is 1. The molecule has 9 heteroatoms. The number of aryl methyl sites for hydroxylation is 2. The average Bonchev–Trinajstić information content (AvgIpc) is 3.54. The number of aromatic nitrogens is 7. The number of nitrogens with zero attached hydrogens (tertiary/aromatic N) is 6. The zero-order chi connectivity index (χ0) is 23.2. The fourth-order valence-electron chi connectivity index (χ4n) is 4.09. The van der Waals surface area contributed by atoms with Crippen LogP contribution in [0.15, 0.2) is 54.7 Å². The highest BCUT2D eigenvalue weighted by Gasteiger charge is 2.29. The summed E-state index contributed by atoms with van der Waals surface area (Å²) in [5, 5.41) is 15.5. The van der Waals surface area contributed by atoms with Gasteiger partial charge in [-0.25, -0.2) is 15.0 Å². The van der Waals surface area contributed by atoms with E-state index in [1.807, 2.05) is 62.4 Å². The Labute approximate surface area is 195 Å². The van der Waals surface area contributed by atoms with Gasteiger partial charge in [-0.3, -0.25) is 9.89 Å². The Bertz CT molecular complexity index is 1510. The molecule has 1 aliphatic carbocycles. The van der Waals surface area contributed by atoms with Crippen molar-refractivity contribution in [3.05, 3.63) is 77.5 Å². The van der Waals surface area contributed by atoms with Gasteiger partial charge >= 0.3 is 0 Å². The first kappa shape index (κ1) is 20.2. The van der Waals surface area contributed by atoms with Crippen LogP contribution < -0.4 is 5.32 Å². The van der Waals surface area contributed by atoms with Crippen LogP contribution in [-0.4, -0.2) is 40.8 Å². The van der Waals surface area contributed by atoms with E-state index >= 15 is 0 Å². The third-order valence-corrected chi connectivity index (χ3v) is 5.94. The lowest BCUT2D eigenvalue weighted by atomic mass is 10.1. The highest BCUT2D eigenvalue weighted by atomic mass is 16.1. The van der Waals surface area contributed by atoms with E-state index in [2.05, 4.69) is 30.6 Å². The monoisotopic (exact) mass is 450 g/mol. The fraction of sp³-hybridized carbons (Fsp3) is 0.200. The molecule has 5 aromatic rings. The maximum Gasteiger partial charge on any atom is 0.256 e. The summed E-state index contributed by atoms with van der Waals surface area (Å²) in [5.74, 6) is 2.23. The normalized spacial score (nSPS) is 13.4. The van der Waals surface area contributed by atoms with Gasteiger partial charge in [-0.05, 0) is 69.2 Å². The van der Waals surface area contributed by atoms with Crippen molar-refractivity contribution in [3.8, 4) is 17.2 Å². The van der Waals surface area contributed by atoms with Crippen LogP contribution in [0.25, 0.3) is 28.2 Å². The van der Waals surface area contributed by atoms with Crippen LogP contribution in [0.3, 0.4) is 0 Å². The number of carbonyl (C=O) groups is 1. The molecule has 0 saturated heterocycles. The van der Waals surface area contributed by atoms with Crippen molar-refractivity contribution in [3.63, 3.8) is 0 Å². The molecular weight excluding hydrogens is 428 g/mol. The van der Waals surface area contributed by atoms with Gasteiger partial charge in [0.25, 0.3) is 5.91 Å². The summed E-state index contributed by atoms with van der Waals surface area (Å²) in [7, 11) is 0.